The molecule has 4 rings (SSSR count). The number of rotatable bonds is 5. The Morgan fingerprint density at radius 3 is 2.53 bits per heavy atom. The van der Waals surface area contributed by atoms with Crippen molar-refractivity contribution in [3.05, 3.63) is 65.2 Å². The third kappa shape index (κ3) is 3.59. The maximum Gasteiger partial charge on any atom is 0.349 e. The van der Waals surface area contributed by atoms with Crippen molar-refractivity contribution in [2.24, 2.45) is 0 Å². The Balaban J connectivity index is 1.77. The molecule has 0 aromatic heterocycles. The van der Waals surface area contributed by atoms with Gasteiger partial charge in [-0.05, 0) is 57.4 Å². The van der Waals surface area contributed by atoms with Crippen molar-refractivity contribution in [3.63, 3.8) is 0 Å². The molecule has 30 heavy (non-hydrogen) atoms. The summed E-state index contributed by atoms with van der Waals surface area (Å²) in [7, 11) is 3.93. The number of hydrogen-bond acceptors (Lipinski definition) is 4. The Labute approximate surface area is 178 Å². The third-order valence-electron chi connectivity index (χ3n) is 4.89. The number of halogens is 2. The molecule has 2 aliphatic heterocycles. The average molecular weight is 430 g/mol. The third-order valence-corrected chi connectivity index (χ3v) is 5.13. The number of hydrazine groups is 1. The van der Waals surface area contributed by atoms with Crippen LogP contribution in [0.15, 0.2) is 54.4 Å². The summed E-state index contributed by atoms with van der Waals surface area (Å²) >= 11 is 6.19. The predicted molar refractivity (Wildman–Crippen MR) is 114 cm³/mol. The molecule has 156 valence electrons. The molecule has 0 atom stereocenters. The minimum Gasteiger partial charge on any atom is -0.309 e. The smallest absolute Gasteiger partial charge is 0.309 e. The molecule has 2 aliphatic rings. The van der Waals surface area contributed by atoms with E-state index in [2.05, 4.69) is 5.43 Å². The van der Waals surface area contributed by atoms with Gasteiger partial charge in [0.25, 0.3) is 5.91 Å². The molecule has 2 heterocycles. The molecule has 9 heteroatoms. The number of hydrogen-bond donors (Lipinski definition) is 1. The van der Waals surface area contributed by atoms with Gasteiger partial charge in [0.15, 0.2) is 0 Å². The molecule has 1 saturated heterocycles. The van der Waals surface area contributed by atoms with Crippen LogP contribution in [0.4, 0.5) is 26.2 Å². The first-order chi connectivity index (χ1) is 14.4. The fraction of sp³-hybridized carbons (Fsp3) is 0.238. The molecule has 1 N–H and O–H groups in total. The highest BCUT2D eigenvalue weighted by molar-refractivity contribution is 6.31. The monoisotopic (exact) mass is 429 g/mol. The van der Waals surface area contributed by atoms with Gasteiger partial charge in [-0.3, -0.25) is 15.1 Å². The fourth-order valence-electron chi connectivity index (χ4n) is 3.53. The van der Waals surface area contributed by atoms with Gasteiger partial charge in [0.1, 0.15) is 11.6 Å². The van der Waals surface area contributed by atoms with E-state index in [1.165, 1.54) is 33.0 Å². The largest absolute Gasteiger partial charge is 0.349 e. The van der Waals surface area contributed by atoms with Crippen molar-refractivity contribution < 1.29 is 14.0 Å². The first kappa shape index (κ1) is 20.2. The lowest BCUT2D eigenvalue weighted by atomic mass is 10.2. The SMILES string of the molecule is CN(C)CCCN1NC2=CC(=O)N(c3ccccc3F)c3cc(Cl)ccc3N2C1=O. The van der Waals surface area contributed by atoms with Gasteiger partial charge in [-0.15, -0.1) is 0 Å². The van der Waals surface area contributed by atoms with Crippen LogP contribution in [0.2, 0.25) is 5.02 Å². The molecule has 0 saturated carbocycles. The number of anilines is 3. The van der Waals surface area contributed by atoms with Gasteiger partial charge in [-0.1, -0.05) is 23.7 Å². The van der Waals surface area contributed by atoms with E-state index < -0.39 is 11.7 Å². The predicted octanol–water partition coefficient (Wildman–Crippen LogP) is 3.70. The highest BCUT2D eigenvalue weighted by atomic mass is 35.5. The Morgan fingerprint density at radius 2 is 1.80 bits per heavy atom. The van der Waals surface area contributed by atoms with Crippen molar-refractivity contribution in [1.29, 1.82) is 0 Å². The standard InChI is InChI=1S/C21H21ClFN5O2/c1-25(2)10-5-11-26-21(30)28-17-9-8-14(22)12-18(17)27(20(29)13-19(28)24-26)16-7-4-3-6-15(16)23/h3-4,6-9,12-13,24H,5,10-11H2,1-2H3. The summed E-state index contributed by atoms with van der Waals surface area (Å²) in [5.41, 5.74) is 3.86. The van der Waals surface area contributed by atoms with Crippen molar-refractivity contribution in [3.8, 4) is 0 Å². The van der Waals surface area contributed by atoms with Crippen LogP contribution < -0.4 is 15.2 Å². The maximum atomic E-state index is 14.6. The van der Waals surface area contributed by atoms with E-state index in [0.29, 0.717) is 28.8 Å². The van der Waals surface area contributed by atoms with Crippen LogP contribution in [0.5, 0.6) is 0 Å². The second kappa shape index (κ2) is 7.97. The summed E-state index contributed by atoms with van der Waals surface area (Å²) in [6.07, 6.45) is 2.06. The number of carbonyl (C=O) groups is 2. The normalized spacial score (nSPS) is 15.8. The van der Waals surface area contributed by atoms with E-state index >= 15 is 0 Å². The highest BCUT2D eigenvalue weighted by Gasteiger charge is 2.40. The molecular weight excluding hydrogens is 409 g/mol. The van der Waals surface area contributed by atoms with Gasteiger partial charge in [0, 0.05) is 17.6 Å². The zero-order valence-electron chi connectivity index (χ0n) is 16.6. The molecule has 2 aromatic carbocycles. The zero-order valence-corrected chi connectivity index (χ0v) is 17.4. The van der Waals surface area contributed by atoms with Crippen LogP contribution in [0.25, 0.3) is 0 Å². The number of urea groups is 1. The van der Waals surface area contributed by atoms with Gasteiger partial charge in [0.2, 0.25) is 0 Å². The van der Waals surface area contributed by atoms with Gasteiger partial charge in [0.05, 0.1) is 17.1 Å². The second-order valence-electron chi connectivity index (χ2n) is 7.33. The Bertz CT molecular complexity index is 1040. The van der Waals surface area contributed by atoms with Crippen LogP contribution in [0.1, 0.15) is 6.42 Å². The van der Waals surface area contributed by atoms with E-state index in [0.717, 1.165) is 13.0 Å². The Hall–Kier alpha value is -3.10. The Kier molecular flexibility index (Phi) is 5.36. The van der Waals surface area contributed by atoms with Crippen LogP contribution in [-0.4, -0.2) is 49.0 Å². The number of nitrogens with zero attached hydrogens (tertiary/aromatic N) is 4. The van der Waals surface area contributed by atoms with Crippen molar-refractivity contribution in [2.45, 2.75) is 6.42 Å². The highest BCUT2D eigenvalue weighted by Crippen LogP contribution is 2.42. The second-order valence-corrected chi connectivity index (χ2v) is 7.76. The lowest BCUT2D eigenvalue weighted by molar-refractivity contribution is -0.113. The van der Waals surface area contributed by atoms with Crippen LogP contribution in [0.3, 0.4) is 0 Å². The molecule has 0 spiro atoms. The number of carbonyl (C=O) groups excluding carboxylic acids is 2. The van der Waals surface area contributed by atoms with Gasteiger partial charge < -0.3 is 4.90 Å². The first-order valence-corrected chi connectivity index (χ1v) is 9.87. The Morgan fingerprint density at radius 1 is 1.03 bits per heavy atom. The molecular formula is C21H21ClFN5O2. The molecule has 0 radical (unpaired) electrons. The lowest BCUT2D eigenvalue weighted by Gasteiger charge is -2.25. The molecule has 0 bridgehead atoms. The zero-order chi connectivity index (χ0) is 21.4. The fourth-order valence-corrected chi connectivity index (χ4v) is 3.70. The minimum absolute atomic E-state index is 0.0827. The van der Waals surface area contributed by atoms with Crippen molar-refractivity contribution >= 4 is 40.6 Å². The molecule has 0 aliphatic carbocycles. The maximum absolute atomic E-state index is 14.6. The average Bonchev–Trinajstić information content (AvgIpc) is 2.92. The lowest BCUT2D eigenvalue weighted by Crippen LogP contribution is -2.37. The van der Waals surface area contributed by atoms with E-state index in [-0.39, 0.29) is 11.7 Å². The van der Waals surface area contributed by atoms with E-state index in [1.807, 2.05) is 19.0 Å². The molecule has 2 aromatic rings. The molecule has 3 amide bonds. The minimum atomic E-state index is -0.554. The van der Waals surface area contributed by atoms with E-state index in [9.17, 15) is 14.0 Å². The summed E-state index contributed by atoms with van der Waals surface area (Å²) in [6.45, 7) is 1.29. The van der Waals surface area contributed by atoms with Crippen molar-refractivity contribution in [1.82, 2.24) is 15.3 Å². The number of amides is 3. The van der Waals surface area contributed by atoms with E-state index in [1.54, 1.807) is 30.3 Å². The topological polar surface area (TPSA) is 59.1 Å². The number of para-hydroxylation sites is 1. The van der Waals surface area contributed by atoms with Gasteiger partial charge >= 0.3 is 6.03 Å². The number of nitrogens with one attached hydrogen (secondary N) is 1. The molecule has 0 unspecified atom stereocenters. The molecule has 1 fully saturated rings. The summed E-state index contributed by atoms with van der Waals surface area (Å²) in [5.74, 6) is -0.726. The van der Waals surface area contributed by atoms with Crippen LogP contribution >= 0.6 is 11.6 Å². The van der Waals surface area contributed by atoms with Gasteiger partial charge in [-0.25, -0.2) is 19.1 Å². The van der Waals surface area contributed by atoms with Gasteiger partial charge in [-0.2, -0.15) is 0 Å². The number of fused-ring (bicyclic) bond motifs is 3. The summed E-state index contributed by atoms with van der Waals surface area (Å²) in [4.78, 5) is 30.9. The van der Waals surface area contributed by atoms with Crippen LogP contribution in [0, 0.1) is 5.82 Å². The van der Waals surface area contributed by atoms with E-state index in [4.69, 9.17) is 11.6 Å². The quantitative estimate of drug-likeness (QED) is 0.787. The van der Waals surface area contributed by atoms with Crippen LogP contribution in [-0.2, 0) is 4.79 Å². The first-order valence-electron chi connectivity index (χ1n) is 9.49. The van der Waals surface area contributed by atoms with Crippen molar-refractivity contribution in [2.75, 3.05) is 37.0 Å². The summed E-state index contributed by atoms with van der Waals surface area (Å²) < 4.78 is 14.6. The summed E-state index contributed by atoms with van der Waals surface area (Å²) in [6, 6.07) is 10.5. The number of benzene rings is 2. The summed E-state index contributed by atoms with van der Waals surface area (Å²) in [5, 5.41) is 1.84. The molecule has 7 nitrogen and oxygen atoms in total.